The van der Waals surface area contributed by atoms with Crippen molar-refractivity contribution in [3.63, 3.8) is 0 Å². The van der Waals surface area contributed by atoms with Gasteiger partial charge in [0.2, 0.25) is 0 Å². The topological polar surface area (TPSA) is 34.1 Å². The molecule has 0 saturated heterocycles. The van der Waals surface area contributed by atoms with Crippen molar-refractivity contribution in [1.82, 2.24) is 10.3 Å². The van der Waals surface area contributed by atoms with Gasteiger partial charge in [0.05, 0.1) is 16.2 Å². The van der Waals surface area contributed by atoms with Crippen molar-refractivity contribution >= 4 is 26.8 Å². The average Bonchev–Trinajstić information content (AvgIpc) is 2.50. The molecule has 0 bridgehead atoms. The van der Waals surface area contributed by atoms with Crippen molar-refractivity contribution in [2.24, 2.45) is 0 Å². The third kappa shape index (κ3) is 3.23. The van der Waals surface area contributed by atoms with Crippen molar-refractivity contribution < 1.29 is 4.74 Å². The Morgan fingerprint density at radius 2 is 2.00 bits per heavy atom. The van der Waals surface area contributed by atoms with Crippen LogP contribution in [0.4, 0.5) is 0 Å². The Morgan fingerprint density at radius 1 is 1.14 bits per heavy atom. The van der Waals surface area contributed by atoms with Crippen LogP contribution < -0.4 is 10.1 Å². The lowest BCUT2D eigenvalue weighted by Crippen LogP contribution is -2.04. The Hall–Kier alpha value is -1.91. The van der Waals surface area contributed by atoms with Crippen LogP contribution in [0.2, 0.25) is 0 Å². The van der Waals surface area contributed by atoms with Gasteiger partial charge in [-0.25, -0.2) is 0 Å². The van der Waals surface area contributed by atoms with E-state index in [9.17, 15) is 0 Å². The minimum absolute atomic E-state index is 0.732. The zero-order chi connectivity index (χ0) is 14.7. The minimum atomic E-state index is 0.732. The van der Waals surface area contributed by atoms with Crippen LogP contribution in [0.25, 0.3) is 10.9 Å². The molecule has 3 rings (SSSR count). The second kappa shape index (κ2) is 6.24. The third-order valence-electron chi connectivity index (χ3n) is 3.17. The van der Waals surface area contributed by atoms with E-state index in [-0.39, 0.29) is 0 Å². The van der Waals surface area contributed by atoms with E-state index in [1.807, 2.05) is 49.5 Å². The molecule has 0 saturated carbocycles. The summed E-state index contributed by atoms with van der Waals surface area (Å²) in [6, 6.07) is 16.1. The minimum Gasteiger partial charge on any atom is -0.455 e. The fourth-order valence-electron chi connectivity index (χ4n) is 2.17. The number of ether oxygens (including phenoxy) is 1. The molecular weight excluding hydrogens is 328 g/mol. The molecule has 1 N–H and O–H groups in total. The van der Waals surface area contributed by atoms with Gasteiger partial charge in [0.1, 0.15) is 11.5 Å². The zero-order valence-corrected chi connectivity index (χ0v) is 13.2. The van der Waals surface area contributed by atoms with Crippen molar-refractivity contribution in [3.05, 3.63) is 64.8 Å². The van der Waals surface area contributed by atoms with E-state index >= 15 is 0 Å². The number of rotatable bonds is 4. The maximum absolute atomic E-state index is 5.92. The number of pyridine rings is 1. The molecular formula is C17H15BrN2O. The maximum atomic E-state index is 5.92. The molecule has 0 aliphatic rings. The number of halogens is 1. The Bertz CT molecular complexity index is 774. The summed E-state index contributed by atoms with van der Waals surface area (Å²) in [6.45, 7) is 0.830. The lowest BCUT2D eigenvalue weighted by Gasteiger charge is -2.10. The van der Waals surface area contributed by atoms with Crippen molar-refractivity contribution in [2.75, 3.05) is 7.05 Å². The van der Waals surface area contributed by atoms with Gasteiger partial charge in [-0.2, -0.15) is 0 Å². The molecule has 0 fully saturated rings. The first kappa shape index (κ1) is 14.0. The van der Waals surface area contributed by atoms with Crippen LogP contribution in [-0.4, -0.2) is 12.0 Å². The Labute approximate surface area is 132 Å². The second-order valence-corrected chi connectivity index (χ2v) is 5.62. The molecule has 3 nitrogen and oxygen atoms in total. The number of nitrogens with zero attached hydrogens (tertiary/aromatic N) is 1. The van der Waals surface area contributed by atoms with E-state index < -0.39 is 0 Å². The normalized spacial score (nSPS) is 10.8. The third-order valence-corrected chi connectivity index (χ3v) is 3.79. The smallest absolute Gasteiger partial charge is 0.146 e. The SMILES string of the molecule is CNCc1ccc(Oc2cnc3ccccc3c2)c(Br)c1. The first-order valence-electron chi connectivity index (χ1n) is 6.72. The molecule has 0 aliphatic carbocycles. The summed E-state index contributed by atoms with van der Waals surface area (Å²) >= 11 is 3.55. The zero-order valence-electron chi connectivity index (χ0n) is 11.6. The fraction of sp³-hybridized carbons (Fsp3) is 0.118. The standard InChI is InChI=1S/C17H15BrN2O/c1-19-10-12-6-7-17(15(18)8-12)21-14-9-13-4-2-3-5-16(13)20-11-14/h2-9,11,19H,10H2,1H3. The molecule has 1 heterocycles. The van der Waals surface area contributed by atoms with Gasteiger partial charge in [0, 0.05) is 11.9 Å². The molecule has 0 aliphatic heterocycles. The molecule has 2 aromatic carbocycles. The number of nitrogens with one attached hydrogen (secondary N) is 1. The van der Waals surface area contributed by atoms with Crippen LogP contribution in [0.3, 0.4) is 0 Å². The van der Waals surface area contributed by atoms with Gasteiger partial charge < -0.3 is 10.1 Å². The molecule has 0 amide bonds. The van der Waals surface area contributed by atoms with Crippen LogP contribution in [-0.2, 0) is 6.54 Å². The van der Waals surface area contributed by atoms with E-state index in [0.29, 0.717) is 0 Å². The van der Waals surface area contributed by atoms with E-state index in [1.54, 1.807) is 6.20 Å². The first-order chi connectivity index (χ1) is 10.3. The number of para-hydroxylation sites is 1. The average molecular weight is 343 g/mol. The van der Waals surface area contributed by atoms with Crippen LogP contribution in [0.15, 0.2) is 59.2 Å². The summed E-state index contributed by atoms with van der Waals surface area (Å²) in [5.74, 6) is 1.52. The molecule has 1 aromatic heterocycles. The van der Waals surface area contributed by atoms with E-state index in [2.05, 4.69) is 32.3 Å². The summed E-state index contributed by atoms with van der Waals surface area (Å²) in [7, 11) is 1.93. The number of hydrogen-bond acceptors (Lipinski definition) is 3. The van der Waals surface area contributed by atoms with E-state index in [1.165, 1.54) is 5.56 Å². The number of hydrogen-bond donors (Lipinski definition) is 1. The molecule has 0 atom stereocenters. The van der Waals surface area contributed by atoms with E-state index in [0.717, 1.165) is 33.4 Å². The quantitative estimate of drug-likeness (QED) is 0.757. The van der Waals surface area contributed by atoms with Crippen LogP contribution in [0, 0.1) is 0 Å². The lowest BCUT2D eigenvalue weighted by molar-refractivity contribution is 0.478. The Kier molecular flexibility index (Phi) is 4.18. The largest absolute Gasteiger partial charge is 0.455 e. The molecule has 4 heteroatoms. The summed E-state index contributed by atoms with van der Waals surface area (Å²) in [5.41, 5.74) is 2.17. The predicted octanol–water partition coefficient (Wildman–Crippen LogP) is 4.51. The van der Waals surface area contributed by atoms with Crippen molar-refractivity contribution in [1.29, 1.82) is 0 Å². The predicted molar refractivity (Wildman–Crippen MR) is 88.7 cm³/mol. The second-order valence-electron chi connectivity index (χ2n) is 4.76. The summed E-state index contributed by atoms with van der Waals surface area (Å²) < 4.78 is 6.85. The van der Waals surface area contributed by atoms with E-state index in [4.69, 9.17) is 4.74 Å². The monoisotopic (exact) mass is 342 g/mol. The molecule has 106 valence electrons. The highest BCUT2D eigenvalue weighted by atomic mass is 79.9. The van der Waals surface area contributed by atoms with Crippen LogP contribution >= 0.6 is 15.9 Å². The number of aromatic nitrogens is 1. The molecule has 21 heavy (non-hydrogen) atoms. The number of benzene rings is 2. The molecule has 0 unspecified atom stereocenters. The van der Waals surface area contributed by atoms with Crippen LogP contribution in [0.5, 0.6) is 11.5 Å². The van der Waals surface area contributed by atoms with Crippen molar-refractivity contribution in [2.45, 2.75) is 6.54 Å². The highest BCUT2D eigenvalue weighted by Gasteiger charge is 2.05. The first-order valence-corrected chi connectivity index (χ1v) is 7.51. The highest BCUT2D eigenvalue weighted by molar-refractivity contribution is 9.10. The summed E-state index contributed by atoms with van der Waals surface area (Å²) in [4.78, 5) is 4.40. The molecule has 0 radical (unpaired) electrons. The van der Waals surface area contributed by atoms with Gasteiger partial charge >= 0.3 is 0 Å². The van der Waals surface area contributed by atoms with Gasteiger partial charge in [0.25, 0.3) is 0 Å². The van der Waals surface area contributed by atoms with Gasteiger partial charge in [-0.15, -0.1) is 0 Å². The number of fused-ring (bicyclic) bond motifs is 1. The molecule has 0 spiro atoms. The van der Waals surface area contributed by atoms with Gasteiger partial charge in [-0.05, 0) is 52.8 Å². The molecule has 3 aromatic rings. The van der Waals surface area contributed by atoms with Gasteiger partial charge in [0.15, 0.2) is 0 Å². The Balaban J connectivity index is 1.87. The maximum Gasteiger partial charge on any atom is 0.146 e. The summed E-state index contributed by atoms with van der Waals surface area (Å²) in [5, 5.41) is 4.20. The van der Waals surface area contributed by atoms with Gasteiger partial charge in [-0.1, -0.05) is 24.3 Å². The fourth-order valence-corrected chi connectivity index (χ4v) is 2.68. The van der Waals surface area contributed by atoms with Crippen LogP contribution in [0.1, 0.15) is 5.56 Å². The van der Waals surface area contributed by atoms with Crippen molar-refractivity contribution in [3.8, 4) is 11.5 Å². The summed E-state index contributed by atoms with van der Waals surface area (Å²) in [6.07, 6.45) is 1.75. The van der Waals surface area contributed by atoms with Gasteiger partial charge in [-0.3, -0.25) is 4.98 Å². The lowest BCUT2D eigenvalue weighted by atomic mass is 10.2. The Morgan fingerprint density at radius 3 is 2.81 bits per heavy atom. The highest BCUT2D eigenvalue weighted by Crippen LogP contribution is 2.31.